The molecule has 0 spiro atoms. The van der Waals surface area contributed by atoms with Gasteiger partial charge in [0, 0.05) is 104 Å². The number of aromatic nitrogens is 6. The summed E-state index contributed by atoms with van der Waals surface area (Å²) < 4.78 is 35.2. The molecule has 0 radical (unpaired) electrons. The molecular formula is C54H61N13O6S. The quantitative estimate of drug-likeness (QED) is 0.0866. The molecule has 10 rings (SSSR count). The van der Waals surface area contributed by atoms with Crippen molar-refractivity contribution in [3.63, 3.8) is 0 Å². The number of nitrogens with zero attached hydrogens (tertiary/aromatic N) is 9. The van der Waals surface area contributed by atoms with Crippen molar-refractivity contribution >= 4 is 62.0 Å². The number of anilines is 4. The molecule has 3 fully saturated rings. The molecule has 3 aromatic carbocycles. The van der Waals surface area contributed by atoms with Gasteiger partial charge in [0.25, 0.3) is 10.0 Å². The van der Waals surface area contributed by atoms with Crippen molar-refractivity contribution in [3.05, 3.63) is 120 Å². The maximum Gasteiger partial charge on any atom is 0.328 e. The van der Waals surface area contributed by atoms with Crippen LogP contribution in [-0.4, -0.2) is 114 Å². The Kier molecular flexibility index (Phi) is 13.7. The van der Waals surface area contributed by atoms with Gasteiger partial charge in [0.15, 0.2) is 5.82 Å². The standard InChI is InChI=1S/C54H61N13O6S/c1-33-7-15-41(16-8-33)74(71,72)63-52-59-47(37-9-17-42(34(2)29-37)35(3)56-49(69)50-61-51(62-73-50)54(4,5)6)43-30-44(57-48(43)60-52)38-10-18-45(55-31-38)66-27-25-64(26-28-66)32-36-19-22-65(23-20-36)39-11-13-40(14-12-39)67-24-21-46(68)58-53(67)70/h7-18,29-31,35-36H,19-28,32H2,1-6H3,(H,56,69)(H,58,68,70)(H2,57,59,60,63)/t35-/m1/s1. The molecule has 0 unspecified atom stereocenters. The number of aromatic amines is 1. The van der Waals surface area contributed by atoms with Gasteiger partial charge in [-0.3, -0.25) is 24.7 Å². The Morgan fingerprint density at radius 2 is 1.54 bits per heavy atom. The molecule has 19 nitrogen and oxygen atoms in total. The average molecular weight is 1020 g/mol. The number of piperazine rings is 1. The Bertz CT molecular complexity index is 3320. The van der Waals surface area contributed by atoms with E-state index < -0.39 is 22.0 Å². The van der Waals surface area contributed by atoms with Crippen LogP contribution >= 0.6 is 0 Å². The van der Waals surface area contributed by atoms with Crippen LogP contribution in [0.25, 0.3) is 33.5 Å². The van der Waals surface area contributed by atoms with E-state index in [1.165, 1.54) is 0 Å². The second-order valence-corrected chi connectivity index (χ2v) is 22.3. The molecule has 3 aliphatic rings. The molecule has 7 heterocycles. The Hall–Kier alpha value is -7.71. The summed E-state index contributed by atoms with van der Waals surface area (Å²) in [7, 11) is -4.04. The topological polar surface area (TPSA) is 228 Å². The molecule has 7 aromatic rings. The smallest absolute Gasteiger partial charge is 0.328 e. The largest absolute Gasteiger partial charge is 0.372 e. The van der Waals surface area contributed by atoms with Gasteiger partial charge in [-0.05, 0) is 111 Å². The summed E-state index contributed by atoms with van der Waals surface area (Å²) in [6, 6.07) is 25.7. The van der Waals surface area contributed by atoms with Crippen LogP contribution in [0.15, 0.2) is 101 Å². The molecular weight excluding hydrogens is 959 g/mol. The van der Waals surface area contributed by atoms with E-state index in [0.717, 1.165) is 109 Å². The van der Waals surface area contributed by atoms with Crippen LogP contribution in [0, 0.1) is 19.8 Å². The van der Waals surface area contributed by atoms with Crippen molar-refractivity contribution in [3.8, 4) is 22.5 Å². The summed E-state index contributed by atoms with van der Waals surface area (Å²) in [6.07, 6.45) is 4.38. The lowest BCUT2D eigenvalue weighted by Crippen LogP contribution is -2.49. The van der Waals surface area contributed by atoms with Crippen molar-refractivity contribution in [1.29, 1.82) is 0 Å². The van der Waals surface area contributed by atoms with Crippen LogP contribution < -0.4 is 30.1 Å². The number of carbonyl (C=O) groups is 3. The van der Waals surface area contributed by atoms with E-state index >= 15 is 0 Å². The SMILES string of the molecule is Cc1ccc(S(=O)(=O)Nc2nc(-c3ccc([C@@H](C)NC(=O)c4nc(C(C)(C)C)no4)c(C)c3)c3cc(-c4ccc(N5CCN(CC6CCN(c7ccc(N8CCC(=O)NC8=O)cc7)CC6)CC5)nc4)[nH]c3n2)cc1. The Morgan fingerprint density at radius 1 is 0.824 bits per heavy atom. The van der Waals surface area contributed by atoms with Gasteiger partial charge in [-0.25, -0.2) is 27.9 Å². The van der Waals surface area contributed by atoms with Gasteiger partial charge in [-0.2, -0.15) is 9.97 Å². The highest BCUT2D eigenvalue weighted by molar-refractivity contribution is 7.92. The summed E-state index contributed by atoms with van der Waals surface area (Å²) in [5.41, 5.74) is 7.46. The van der Waals surface area contributed by atoms with Crippen LogP contribution in [0.5, 0.6) is 0 Å². The molecule has 0 saturated carbocycles. The molecule has 0 bridgehead atoms. The van der Waals surface area contributed by atoms with E-state index in [-0.39, 0.29) is 34.1 Å². The predicted octanol–water partition coefficient (Wildman–Crippen LogP) is 7.76. The summed E-state index contributed by atoms with van der Waals surface area (Å²) in [5, 5.41) is 10.0. The van der Waals surface area contributed by atoms with Gasteiger partial charge in [-0.1, -0.05) is 55.8 Å². The van der Waals surface area contributed by atoms with E-state index in [4.69, 9.17) is 14.5 Å². The zero-order valence-electron chi connectivity index (χ0n) is 42.5. The zero-order chi connectivity index (χ0) is 51.9. The van der Waals surface area contributed by atoms with Gasteiger partial charge >= 0.3 is 17.8 Å². The molecule has 4 N–H and O–H groups in total. The number of fused-ring (bicyclic) bond motifs is 1. The number of H-pyrrole nitrogens is 1. The number of rotatable bonds is 13. The number of amides is 4. The van der Waals surface area contributed by atoms with Crippen LogP contribution in [0.1, 0.15) is 86.2 Å². The molecule has 74 heavy (non-hydrogen) atoms. The first-order chi connectivity index (χ1) is 35.4. The lowest BCUT2D eigenvalue weighted by molar-refractivity contribution is -0.120. The molecule has 3 aliphatic heterocycles. The summed E-state index contributed by atoms with van der Waals surface area (Å²) in [5.74, 6) is 1.04. The number of hydrogen-bond donors (Lipinski definition) is 4. The summed E-state index contributed by atoms with van der Waals surface area (Å²) in [6.45, 7) is 18.6. The normalized spacial score (nSPS) is 16.6. The van der Waals surface area contributed by atoms with Crippen molar-refractivity contribution in [2.75, 3.05) is 71.8 Å². The number of hydrogen-bond acceptors (Lipinski definition) is 14. The number of imide groups is 1. The number of benzene rings is 3. The maximum atomic E-state index is 13.6. The highest BCUT2D eigenvalue weighted by Crippen LogP contribution is 2.35. The Balaban J connectivity index is 0.802. The fourth-order valence-corrected chi connectivity index (χ4v) is 10.8. The van der Waals surface area contributed by atoms with Crippen LogP contribution in [0.4, 0.5) is 27.9 Å². The van der Waals surface area contributed by atoms with Gasteiger partial charge in [0.2, 0.25) is 11.9 Å². The van der Waals surface area contributed by atoms with E-state index in [0.29, 0.717) is 41.4 Å². The lowest BCUT2D eigenvalue weighted by atomic mass is 9.95. The maximum absolute atomic E-state index is 13.6. The fraction of sp³-hybridized carbons (Fsp3) is 0.370. The zero-order valence-corrected chi connectivity index (χ0v) is 43.3. The summed E-state index contributed by atoms with van der Waals surface area (Å²) >= 11 is 0. The molecule has 4 aromatic heterocycles. The first kappa shape index (κ1) is 49.9. The molecule has 0 aliphatic carbocycles. The van der Waals surface area contributed by atoms with Crippen molar-refractivity contribution in [2.45, 2.75) is 77.2 Å². The van der Waals surface area contributed by atoms with Crippen molar-refractivity contribution in [1.82, 2.24) is 45.6 Å². The minimum Gasteiger partial charge on any atom is -0.372 e. The second kappa shape index (κ2) is 20.3. The van der Waals surface area contributed by atoms with E-state index in [2.05, 4.69) is 62.3 Å². The third kappa shape index (κ3) is 10.8. The van der Waals surface area contributed by atoms with Gasteiger partial charge < -0.3 is 24.6 Å². The molecule has 1 atom stereocenters. The van der Waals surface area contributed by atoms with Crippen molar-refractivity contribution < 1.29 is 27.3 Å². The number of aryl methyl sites for hydroxylation is 2. The lowest BCUT2D eigenvalue weighted by Gasteiger charge is -2.39. The average Bonchev–Trinajstić information content (AvgIpc) is 4.07. The van der Waals surface area contributed by atoms with Gasteiger partial charge in [0.05, 0.1) is 16.6 Å². The monoisotopic (exact) mass is 1020 g/mol. The van der Waals surface area contributed by atoms with Crippen LogP contribution in [0.2, 0.25) is 0 Å². The number of pyridine rings is 1. The summed E-state index contributed by atoms with van der Waals surface area (Å²) in [4.78, 5) is 68.2. The Morgan fingerprint density at radius 3 is 2.20 bits per heavy atom. The van der Waals surface area contributed by atoms with E-state index in [1.807, 2.05) is 96.3 Å². The number of piperidine rings is 1. The van der Waals surface area contributed by atoms with E-state index in [9.17, 15) is 22.8 Å². The van der Waals surface area contributed by atoms with Crippen LogP contribution in [0.3, 0.4) is 0 Å². The highest BCUT2D eigenvalue weighted by Gasteiger charge is 2.29. The Labute approximate surface area is 430 Å². The first-order valence-electron chi connectivity index (χ1n) is 25.1. The minimum atomic E-state index is -4.04. The predicted molar refractivity (Wildman–Crippen MR) is 284 cm³/mol. The van der Waals surface area contributed by atoms with Gasteiger partial charge in [-0.15, -0.1) is 0 Å². The van der Waals surface area contributed by atoms with Crippen LogP contribution in [-0.2, 0) is 20.2 Å². The third-order valence-corrected chi connectivity index (χ3v) is 15.5. The van der Waals surface area contributed by atoms with Crippen molar-refractivity contribution in [2.24, 2.45) is 5.92 Å². The van der Waals surface area contributed by atoms with Gasteiger partial charge in [0.1, 0.15) is 11.5 Å². The second-order valence-electron chi connectivity index (χ2n) is 20.6. The molecule has 20 heteroatoms. The number of carbonyl (C=O) groups excluding carboxylic acids is 3. The fourth-order valence-electron chi connectivity index (χ4n) is 9.88. The number of nitrogens with one attached hydrogen (secondary N) is 4. The number of sulfonamides is 1. The van der Waals surface area contributed by atoms with E-state index in [1.54, 1.807) is 29.2 Å². The third-order valence-electron chi connectivity index (χ3n) is 14.2. The number of urea groups is 1. The highest BCUT2D eigenvalue weighted by atomic mass is 32.2. The minimum absolute atomic E-state index is 0.0879. The molecule has 384 valence electrons. The molecule has 4 amide bonds. The molecule has 3 saturated heterocycles. The first-order valence-corrected chi connectivity index (χ1v) is 26.6.